The Morgan fingerprint density at radius 1 is 1.55 bits per heavy atom. The van der Waals surface area contributed by atoms with Crippen LogP contribution < -0.4 is 10.2 Å². The van der Waals surface area contributed by atoms with Crippen molar-refractivity contribution in [3.63, 3.8) is 0 Å². The monoisotopic (exact) mass is 307 g/mol. The van der Waals surface area contributed by atoms with Crippen LogP contribution in [0.25, 0.3) is 0 Å². The van der Waals surface area contributed by atoms with Gasteiger partial charge in [-0.25, -0.2) is 0 Å². The smallest absolute Gasteiger partial charge is 0.269 e. The molecule has 1 heterocycles. The lowest BCUT2D eigenvalue weighted by atomic mass is 10.0. The van der Waals surface area contributed by atoms with Crippen molar-refractivity contribution in [1.82, 2.24) is 5.32 Å². The highest BCUT2D eigenvalue weighted by atomic mass is 16.6. The van der Waals surface area contributed by atoms with E-state index >= 15 is 0 Å². The molecular formula is C15H21N3O4. The molecule has 0 radical (unpaired) electrons. The number of nitrogens with one attached hydrogen (secondary N) is 1. The molecule has 1 N–H and O–H groups in total. The summed E-state index contributed by atoms with van der Waals surface area (Å²) in [5.41, 5.74) is 1.79. The number of nitro benzene ring substituents is 1. The Labute approximate surface area is 129 Å². The van der Waals surface area contributed by atoms with Crippen LogP contribution in [0.3, 0.4) is 0 Å². The number of non-ortho nitro benzene ring substituents is 1. The van der Waals surface area contributed by atoms with E-state index in [-0.39, 0.29) is 17.6 Å². The van der Waals surface area contributed by atoms with Crippen molar-refractivity contribution in [2.75, 3.05) is 25.1 Å². The lowest BCUT2D eigenvalue weighted by molar-refractivity contribution is -0.384. The Morgan fingerprint density at radius 3 is 2.95 bits per heavy atom. The zero-order chi connectivity index (χ0) is 16.1. The van der Waals surface area contributed by atoms with Gasteiger partial charge in [-0.3, -0.25) is 14.9 Å². The summed E-state index contributed by atoms with van der Waals surface area (Å²) in [4.78, 5) is 23.9. The maximum atomic E-state index is 11.2. The van der Waals surface area contributed by atoms with Gasteiger partial charge in [-0.15, -0.1) is 0 Å². The van der Waals surface area contributed by atoms with Crippen LogP contribution in [0.1, 0.15) is 25.3 Å². The number of carbonyl (C=O) groups excluding carboxylic acids is 1. The van der Waals surface area contributed by atoms with E-state index in [0.29, 0.717) is 13.2 Å². The topological polar surface area (TPSA) is 84.7 Å². The predicted molar refractivity (Wildman–Crippen MR) is 82.9 cm³/mol. The highest BCUT2D eigenvalue weighted by molar-refractivity contribution is 5.73. The van der Waals surface area contributed by atoms with Gasteiger partial charge in [0.25, 0.3) is 5.69 Å². The third-order valence-electron chi connectivity index (χ3n) is 3.74. The molecule has 22 heavy (non-hydrogen) atoms. The molecule has 1 unspecified atom stereocenters. The first kappa shape index (κ1) is 16.2. The van der Waals surface area contributed by atoms with Crippen LogP contribution in [0.15, 0.2) is 18.2 Å². The summed E-state index contributed by atoms with van der Waals surface area (Å²) in [7, 11) is 1.57. The van der Waals surface area contributed by atoms with Crippen molar-refractivity contribution in [3.05, 3.63) is 33.9 Å². The van der Waals surface area contributed by atoms with E-state index in [1.54, 1.807) is 19.2 Å². The van der Waals surface area contributed by atoms with Crippen molar-refractivity contribution in [2.45, 2.75) is 32.4 Å². The zero-order valence-corrected chi connectivity index (χ0v) is 12.9. The molecule has 1 saturated heterocycles. The van der Waals surface area contributed by atoms with E-state index in [4.69, 9.17) is 4.74 Å². The molecular weight excluding hydrogens is 286 g/mol. The molecule has 0 aliphatic carbocycles. The Bertz CT molecular complexity index is 562. The summed E-state index contributed by atoms with van der Waals surface area (Å²) in [6.07, 6.45) is 1.91. The van der Waals surface area contributed by atoms with E-state index in [0.717, 1.165) is 30.6 Å². The molecule has 0 spiro atoms. The Hall–Kier alpha value is -2.15. The number of nitrogens with zero attached hydrogens (tertiary/aromatic N) is 2. The third-order valence-corrected chi connectivity index (χ3v) is 3.74. The number of carbonyl (C=O) groups is 1. The summed E-state index contributed by atoms with van der Waals surface area (Å²) in [6, 6.07) is 4.94. The number of nitro groups is 1. The number of hydrogen-bond acceptors (Lipinski definition) is 5. The fourth-order valence-corrected chi connectivity index (χ4v) is 2.87. The molecule has 1 atom stereocenters. The van der Waals surface area contributed by atoms with Gasteiger partial charge in [0.2, 0.25) is 5.91 Å². The van der Waals surface area contributed by atoms with Gasteiger partial charge in [-0.05, 0) is 18.9 Å². The van der Waals surface area contributed by atoms with E-state index in [1.165, 1.54) is 13.0 Å². The molecule has 2 rings (SSSR count). The van der Waals surface area contributed by atoms with Gasteiger partial charge in [0.15, 0.2) is 0 Å². The van der Waals surface area contributed by atoms with Gasteiger partial charge in [-0.2, -0.15) is 0 Å². The van der Waals surface area contributed by atoms with Gasteiger partial charge in [-0.1, -0.05) is 0 Å². The second-order valence-electron chi connectivity index (χ2n) is 5.49. The lowest BCUT2D eigenvalue weighted by Gasteiger charge is -2.35. The second kappa shape index (κ2) is 7.22. The van der Waals surface area contributed by atoms with Crippen LogP contribution in [0.4, 0.5) is 11.4 Å². The van der Waals surface area contributed by atoms with Crippen molar-refractivity contribution in [1.29, 1.82) is 0 Å². The van der Waals surface area contributed by atoms with E-state index in [1.807, 2.05) is 0 Å². The minimum Gasteiger partial charge on any atom is -0.380 e. The summed E-state index contributed by atoms with van der Waals surface area (Å²) < 4.78 is 5.17. The number of ether oxygens (including phenoxy) is 1. The molecule has 7 heteroatoms. The number of benzene rings is 1. The normalized spacial score (nSPS) is 18.1. The number of rotatable bonds is 5. The molecule has 1 aliphatic heterocycles. The first-order valence-corrected chi connectivity index (χ1v) is 7.29. The first-order valence-electron chi connectivity index (χ1n) is 7.29. The Balaban J connectivity index is 2.22. The molecule has 1 fully saturated rings. The molecule has 1 amide bonds. The quantitative estimate of drug-likeness (QED) is 0.663. The fourth-order valence-electron chi connectivity index (χ4n) is 2.87. The third kappa shape index (κ3) is 3.94. The summed E-state index contributed by atoms with van der Waals surface area (Å²) >= 11 is 0. The second-order valence-corrected chi connectivity index (χ2v) is 5.49. The largest absolute Gasteiger partial charge is 0.380 e. The number of methoxy groups -OCH3 is 1. The summed E-state index contributed by atoms with van der Waals surface area (Å²) in [6.45, 7) is 3.40. The SMILES string of the molecule is COCc1cc([N+](=O)[O-])ccc1N1CCCC(NC(C)=O)C1. The number of hydrogen-bond donors (Lipinski definition) is 1. The highest BCUT2D eigenvalue weighted by Crippen LogP contribution is 2.28. The Kier molecular flexibility index (Phi) is 5.32. The molecule has 0 saturated carbocycles. The van der Waals surface area contributed by atoms with Gasteiger partial charge >= 0.3 is 0 Å². The maximum Gasteiger partial charge on any atom is 0.269 e. The first-order chi connectivity index (χ1) is 10.5. The fraction of sp³-hybridized carbons (Fsp3) is 0.533. The number of amides is 1. The van der Waals surface area contributed by atoms with Crippen molar-refractivity contribution in [2.24, 2.45) is 0 Å². The van der Waals surface area contributed by atoms with Crippen LogP contribution in [0.2, 0.25) is 0 Å². The van der Waals surface area contributed by atoms with Crippen LogP contribution in [-0.2, 0) is 16.1 Å². The molecule has 1 aliphatic rings. The number of anilines is 1. The molecule has 120 valence electrons. The zero-order valence-electron chi connectivity index (χ0n) is 12.9. The maximum absolute atomic E-state index is 11.2. The average molecular weight is 307 g/mol. The van der Waals surface area contributed by atoms with E-state index in [9.17, 15) is 14.9 Å². The van der Waals surface area contributed by atoms with E-state index in [2.05, 4.69) is 10.2 Å². The highest BCUT2D eigenvalue weighted by Gasteiger charge is 2.23. The molecule has 1 aromatic carbocycles. The standard InChI is InChI=1S/C15H21N3O4/c1-11(19)16-13-4-3-7-17(9-13)15-6-5-14(18(20)21)8-12(15)10-22-2/h5-6,8,13H,3-4,7,9-10H2,1-2H3,(H,16,19). The minimum atomic E-state index is -0.404. The molecule has 7 nitrogen and oxygen atoms in total. The van der Waals surface area contributed by atoms with Gasteiger partial charge < -0.3 is 15.0 Å². The Morgan fingerprint density at radius 2 is 2.32 bits per heavy atom. The van der Waals surface area contributed by atoms with Crippen LogP contribution in [0.5, 0.6) is 0 Å². The predicted octanol–water partition coefficient (Wildman–Crippen LogP) is 1.85. The van der Waals surface area contributed by atoms with Crippen molar-refractivity contribution >= 4 is 17.3 Å². The van der Waals surface area contributed by atoms with Gasteiger partial charge in [0, 0.05) is 56.5 Å². The van der Waals surface area contributed by atoms with Crippen LogP contribution >= 0.6 is 0 Å². The summed E-state index contributed by atoms with van der Waals surface area (Å²) in [5.74, 6) is -0.0346. The molecule has 0 bridgehead atoms. The van der Waals surface area contributed by atoms with Crippen molar-refractivity contribution < 1.29 is 14.5 Å². The van der Waals surface area contributed by atoms with Gasteiger partial charge in [0.1, 0.15) is 0 Å². The van der Waals surface area contributed by atoms with Crippen LogP contribution in [0, 0.1) is 10.1 Å². The molecule has 1 aromatic rings. The summed E-state index contributed by atoms with van der Waals surface area (Å²) in [5, 5.41) is 13.9. The molecule has 0 aromatic heterocycles. The van der Waals surface area contributed by atoms with Crippen LogP contribution in [-0.4, -0.2) is 37.1 Å². The van der Waals surface area contributed by atoms with Gasteiger partial charge in [0.05, 0.1) is 11.5 Å². The van der Waals surface area contributed by atoms with Crippen molar-refractivity contribution in [3.8, 4) is 0 Å². The average Bonchev–Trinajstić information content (AvgIpc) is 2.47. The van der Waals surface area contributed by atoms with E-state index < -0.39 is 4.92 Å². The minimum absolute atomic E-state index is 0.0346. The lowest BCUT2D eigenvalue weighted by Crippen LogP contribution is -2.47. The number of piperidine rings is 1.